The van der Waals surface area contributed by atoms with Gasteiger partial charge in [0.15, 0.2) is 0 Å². The second-order valence-corrected chi connectivity index (χ2v) is 5.35. The van der Waals surface area contributed by atoms with E-state index in [0.717, 1.165) is 5.56 Å². The highest BCUT2D eigenvalue weighted by Crippen LogP contribution is 2.16. The molecule has 0 unspecified atom stereocenters. The van der Waals surface area contributed by atoms with E-state index in [1.54, 1.807) is 19.2 Å². The van der Waals surface area contributed by atoms with Crippen molar-refractivity contribution in [3.63, 3.8) is 0 Å². The van der Waals surface area contributed by atoms with Gasteiger partial charge < -0.3 is 9.64 Å². The van der Waals surface area contributed by atoms with Gasteiger partial charge in [0.2, 0.25) is 0 Å². The quantitative estimate of drug-likeness (QED) is 0.788. The summed E-state index contributed by atoms with van der Waals surface area (Å²) in [5.74, 6) is 0.673. The van der Waals surface area contributed by atoms with Crippen molar-refractivity contribution in [2.45, 2.75) is 6.61 Å². The van der Waals surface area contributed by atoms with Crippen LogP contribution in [-0.2, 0) is 11.4 Å². The highest BCUT2D eigenvalue weighted by Gasteiger charge is 2.08. The molecule has 0 fully saturated rings. The molecule has 0 saturated heterocycles. The second-order valence-electron chi connectivity index (χ2n) is 4.91. The molecule has 0 aliphatic heterocycles. The number of amides is 2. The number of carbonyl (C=O) groups is 1. The number of hydrogen-bond acceptors (Lipinski definition) is 3. The number of benzene rings is 2. The molecule has 2 aromatic carbocycles. The summed E-state index contributed by atoms with van der Waals surface area (Å²) in [6, 6.07) is 16.4. The predicted octanol–water partition coefficient (Wildman–Crippen LogP) is 3.49. The van der Waals surface area contributed by atoms with Gasteiger partial charge in [0.05, 0.1) is 13.2 Å². The minimum absolute atomic E-state index is 0.319. The SMILES string of the molecule is CN(CCOc1cccc(Cl)c1)C(=O)NOCc1ccccc1. The summed E-state index contributed by atoms with van der Waals surface area (Å²) >= 11 is 5.87. The smallest absolute Gasteiger partial charge is 0.341 e. The Balaban J connectivity index is 1.64. The first-order chi connectivity index (χ1) is 11.1. The summed E-state index contributed by atoms with van der Waals surface area (Å²) in [5.41, 5.74) is 3.38. The van der Waals surface area contributed by atoms with Gasteiger partial charge in [-0.2, -0.15) is 0 Å². The van der Waals surface area contributed by atoms with Crippen LogP contribution in [-0.4, -0.2) is 31.1 Å². The molecule has 0 aromatic heterocycles. The van der Waals surface area contributed by atoms with Crippen LogP contribution in [0.3, 0.4) is 0 Å². The lowest BCUT2D eigenvalue weighted by Crippen LogP contribution is -2.39. The standard InChI is InChI=1S/C17H19ClN2O3/c1-20(10-11-22-16-9-5-8-15(18)12-16)17(21)19-23-13-14-6-3-2-4-7-14/h2-9,12H,10-11,13H2,1H3,(H,19,21). The molecule has 0 atom stereocenters. The minimum Gasteiger partial charge on any atom is -0.492 e. The van der Waals surface area contributed by atoms with Gasteiger partial charge in [-0.3, -0.25) is 4.84 Å². The molecule has 0 spiro atoms. The second kappa shape index (κ2) is 9.02. The largest absolute Gasteiger partial charge is 0.492 e. The predicted molar refractivity (Wildman–Crippen MR) is 89.3 cm³/mol. The van der Waals surface area contributed by atoms with Crippen molar-refractivity contribution >= 4 is 17.6 Å². The van der Waals surface area contributed by atoms with Crippen molar-refractivity contribution in [1.29, 1.82) is 0 Å². The van der Waals surface area contributed by atoms with Crippen molar-refractivity contribution in [2.75, 3.05) is 20.2 Å². The fourth-order valence-electron chi connectivity index (χ4n) is 1.79. The molecule has 0 aliphatic carbocycles. The third-order valence-corrected chi connectivity index (χ3v) is 3.31. The maximum absolute atomic E-state index is 11.8. The van der Waals surface area contributed by atoms with Crippen LogP contribution in [0.2, 0.25) is 5.02 Å². The van der Waals surface area contributed by atoms with Gasteiger partial charge in [0, 0.05) is 12.1 Å². The number of ether oxygens (including phenoxy) is 1. The number of nitrogens with zero attached hydrogens (tertiary/aromatic N) is 1. The number of hydroxylamine groups is 1. The highest BCUT2D eigenvalue weighted by molar-refractivity contribution is 6.30. The fourth-order valence-corrected chi connectivity index (χ4v) is 1.97. The Morgan fingerprint density at radius 2 is 1.96 bits per heavy atom. The van der Waals surface area contributed by atoms with E-state index in [0.29, 0.717) is 30.5 Å². The van der Waals surface area contributed by atoms with E-state index < -0.39 is 0 Å². The first kappa shape index (κ1) is 17.1. The first-order valence-corrected chi connectivity index (χ1v) is 7.58. The molecule has 0 heterocycles. The lowest BCUT2D eigenvalue weighted by atomic mass is 10.2. The van der Waals surface area contributed by atoms with Crippen LogP contribution in [0.5, 0.6) is 5.75 Å². The summed E-state index contributed by atoms with van der Waals surface area (Å²) in [6.45, 7) is 1.11. The van der Waals surface area contributed by atoms with E-state index in [2.05, 4.69) is 5.48 Å². The van der Waals surface area contributed by atoms with Crippen LogP contribution in [0.4, 0.5) is 4.79 Å². The Hall–Kier alpha value is -2.24. The lowest BCUT2D eigenvalue weighted by Gasteiger charge is -2.18. The Morgan fingerprint density at radius 3 is 2.70 bits per heavy atom. The zero-order chi connectivity index (χ0) is 16.5. The van der Waals surface area contributed by atoms with Crippen molar-refractivity contribution in [3.05, 3.63) is 65.2 Å². The lowest BCUT2D eigenvalue weighted by molar-refractivity contribution is 0.0378. The molecule has 1 N–H and O–H groups in total. The van der Waals surface area contributed by atoms with Gasteiger partial charge >= 0.3 is 6.03 Å². The number of rotatable bonds is 7. The number of hydrogen-bond donors (Lipinski definition) is 1. The number of nitrogens with one attached hydrogen (secondary N) is 1. The Morgan fingerprint density at radius 1 is 1.17 bits per heavy atom. The molecule has 23 heavy (non-hydrogen) atoms. The fraction of sp³-hybridized carbons (Fsp3) is 0.235. The van der Waals surface area contributed by atoms with Gasteiger partial charge in [0.1, 0.15) is 12.4 Å². The summed E-state index contributed by atoms with van der Waals surface area (Å²) in [4.78, 5) is 18.5. The van der Waals surface area contributed by atoms with Gasteiger partial charge in [0.25, 0.3) is 0 Å². The zero-order valence-corrected chi connectivity index (χ0v) is 13.6. The van der Waals surface area contributed by atoms with Crippen molar-refractivity contribution < 1.29 is 14.4 Å². The van der Waals surface area contributed by atoms with Gasteiger partial charge in [-0.1, -0.05) is 48.0 Å². The van der Waals surface area contributed by atoms with Gasteiger partial charge in [-0.05, 0) is 23.8 Å². The average Bonchev–Trinajstić information content (AvgIpc) is 2.55. The molecule has 6 heteroatoms. The topological polar surface area (TPSA) is 50.8 Å². The van der Waals surface area contributed by atoms with Crippen molar-refractivity contribution in [1.82, 2.24) is 10.4 Å². The summed E-state index contributed by atoms with van der Waals surface area (Å²) in [5, 5.41) is 0.614. The molecule has 0 bridgehead atoms. The maximum atomic E-state index is 11.8. The van der Waals surface area contributed by atoms with Gasteiger partial charge in [-0.25, -0.2) is 10.3 Å². The molecular formula is C17H19ClN2O3. The van der Waals surface area contributed by atoms with Crippen molar-refractivity contribution in [3.8, 4) is 5.75 Å². The molecule has 0 saturated carbocycles. The Kier molecular flexibility index (Phi) is 6.72. The average molecular weight is 335 g/mol. The van der Waals surface area contributed by atoms with Gasteiger partial charge in [-0.15, -0.1) is 0 Å². The van der Waals surface area contributed by atoms with E-state index in [-0.39, 0.29) is 6.03 Å². The van der Waals surface area contributed by atoms with E-state index in [9.17, 15) is 4.79 Å². The summed E-state index contributed by atoms with van der Waals surface area (Å²) in [7, 11) is 1.67. The molecule has 5 nitrogen and oxygen atoms in total. The van der Waals surface area contributed by atoms with Crippen LogP contribution in [0.15, 0.2) is 54.6 Å². The van der Waals surface area contributed by atoms with Crippen molar-refractivity contribution in [2.24, 2.45) is 0 Å². The molecule has 2 amide bonds. The van der Waals surface area contributed by atoms with Crippen LogP contribution < -0.4 is 10.2 Å². The molecular weight excluding hydrogens is 316 g/mol. The molecule has 0 radical (unpaired) electrons. The van der Waals surface area contributed by atoms with E-state index in [1.165, 1.54) is 4.90 Å². The van der Waals surface area contributed by atoms with E-state index >= 15 is 0 Å². The van der Waals surface area contributed by atoms with Crippen LogP contribution >= 0.6 is 11.6 Å². The summed E-state index contributed by atoms with van der Waals surface area (Å²) < 4.78 is 5.53. The Bertz CT molecular complexity index is 622. The third-order valence-electron chi connectivity index (χ3n) is 3.08. The normalized spacial score (nSPS) is 10.2. The van der Waals surface area contributed by atoms with E-state index in [4.69, 9.17) is 21.2 Å². The zero-order valence-electron chi connectivity index (χ0n) is 12.9. The Labute approximate surface area is 140 Å². The maximum Gasteiger partial charge on any atom is 0.341 e. The van der Waals surface area contributed by atoms with E-state index in [1.807, 2.05) is 42.5 Å². The van der Waals surface area contributed by atoms with Crippen LogP contribution in [0.25, 0.3) is 0 Å². The van der Waals surface area contributed by atoms with Crippen LogP contribution in [0, 0.1) is 0 Å². The third kappa shape index (κ3) is 6.18. The number of likely N-dealkylation sites (N-methyl/N-ethyl adjacent to an activating group) is 1. The molecule has 2 aromatic rings. The summed E-state index contributed by atoms with van der Waals surface area (Å²) in [6.07, 6.45) is 0. The molecule has 122 valence electrons. The van der Waals surface area contributed by atoms with Crippen LogP contribution in [0.1, 0.15) is 5.56 Å². The first-order valence-electron chi connectivity index (χ1n) is 7.20. The minimum atomic E-state index is -0.323. The monoisotopic (exact) mass is 334 g/mol. The number of halogens is 1. The number of carbonyl (C=O) groups excluding carboxylic acids is 1. The molecule has 0 aliphatic rings. The number of urea groups is 1. The molecule has 2 rings (SSSR count). The highest BCUT2D eigenvalue weighted by atomic mass is 35.5.